The molecular weight excluding hydrogens is 412 g/mol. The quantitative estimate of drug-likeness (QED) is 0.300. The number of rotatable bonds is 9. The summed E-state index contributed by atoms with van der Waals surface area (Å²) in [6.45, 7) is 2.63. The van der Waals surface area contributed by atoms with E-state index in [9.17, 15) is 14.4 Å². The van der Waals surface area contributed by atoms with Crippen molar-refractivity contribution in [2.45, 2.75) is 38.6 Å². The third kappa shape index (κ3) is 9.62. The van der Waals surface area contributed by atoms with Gasteiger partial charge >= 0.3 is 5.97 Å². The Morgan fingerprint density at radius 1 is 1.16 bits per heavy atom. The number of nitrogens with one attached hydrogen (secondary N) is 2. The largest absolute Gasteiger partial charge is 0.463 e. The highest BCUT2D eigenvalue weighted by Gasteiger charge is 2.25. The summed E-state index contributed by atoms with van der Waals surface area (Å²) >= 11 is 0. The van der Waals surface area contributed by atoms with Crippen molar-refractivity contribution in [3.63, 3.8) is 0 Å². The van der Waals surface area contributed by atoms with Crippen LogP contribution in [0.25, 0.3) is 0 Å². The minimum Gasteiger partial charge on any atom is -0.463 e. The van der Waals surface area contributed by atoms with Crippen molar-refractivity contribution in [3.8, 4) is 0 Å². The van der Waals surface area contributed by atoms with Gasteiger partial charge in [0.05, 0.1) is 37.7 Å². The molecule has 2 rings (SSSR count). The predicted molar refractivity (Wildman–Crippen MR) is 120 cm³/mol. The maximum atomic E-state index is 12.7. The molecular formula is C24H34N2O6. The molecule has 0 spiro atoms. The first-order valence-electron chi connectivity index (χ1n) is 11.1. The van der Waals surface area contributed by atoms with E-state index in [4.69, 9.17) is 14.6 Å². The van der Waals surface area contributed by atoms with Gasteiger partial charge in [-0.05, 0) is 31.7 Å². The Morgan fingerprint density at radius 3 is 2.59 bits per heavy atom. The summed E-state index contributed by atoms with van der Waals surface area (Å²) in [5.74, 6) is -1.59. The van der Waals surface area contributed by atoms with E-state index in [1.54, 1.807) is 6.92 Å². The molecule has 32 heavy (non-hydrogen) atoms. The van der Waals surface area contributed by atoms with Crippen LogP contribution in [0.5, 0.6) is 0 Å². The molecule has 1 aromatic rings. The van der Waals surface area contributed by atoms with Gasteiger partial charge in [0.15, 0.2) is 0 Å². The topological polar surface area (TPSA) is 114 Å². The number of hydrogen-bond donors (Lipinski definition) is 3. The van der Waals surface area contributed by atoms with Crippen LogP contribution in [0.4, 0.5) is 0 Å². The number of carbonyl (C=O) groups is 3. The fourth-order valence-corrected chi connectivity index (χ4v) is 3.42. The third-order valence-electron chi connectivity index (χ3n) is 5.14. The van der Waals surface area contributed by atoms with E-state index in [2.05, 4.69) is 10.6 Å². The SMILES string of the molecule is C[C@H]1COC(=O)[C@@H](Cc2ccccc2)CC=CC[C@H](CC(=O)NCCOCCO)C(=O)N1. The van der Waals surface area contributed by atoms with Crippen molar-refractivity contribution < 1.29 is 29.0 Å². The van der Waals surface area contributed by atoms with Crippen molar-refractivity contribution in [3.05, 3.63) is 48.0 Å². The van der Waals surface area contributed by atoms with Gasteiger partial charge in [-0.15, -0.1) is 0 Å². The van der Waals surface area contributed by atoms with Crippen LogP contribution in [0.3, 0.4) is 0 Å². The van der Waals surface area contributed by atoms with E-state index < -0.39 is 5.92 Å². The average Bonchev–Trinajstić information content (AvgIpc) is 2.78. The molecule has 8 heteroatoms. The standard InChI is InChI=1S/C24H34N2O6/c1-18-17-32-24(30)21(15-19-7-3-2-4-8-19)10-6-5-9-20(23(29)26-18)16-22(28)25-11-13-31-14-12-27/h2-8,18,20-21,27H,9-17H2,1H3,(H,25,28)(H,26,29)/t18-,20+,21+/m0/s1. The van der Waals surface area contributed by atoms with Crippen molar-refractivity contribution in [2.75, 3.05) is 33.0 Å². The molecule has 0 unspecified atom stereocenters. The Kier molecular flexibility index (Phi) is 11.5. The van der Waals surface area contributed by atoms with E-state index in [0.29, 0.717) is 32.4 Å². The minimum atomic E-state index is -0.519. The van der Waals surface area contributed by atoms with Gasteiger partial charge in [-0.1, -0.05) is 42.5 Å². The molecule has 3 N–H and O–H groups in total. The second-order valence-electron chi connectivity index (χ2n) is 7.96. The highest BCUT2D eigenvalue weighted by Crippen LogP contribution is 2.18. The molecule has 1 aliphatic rings. The lowest BCUT2D eigenvalue weighted by Crippen LogP contribution is -2.42. The molecule has 1 heterocycles. The number of aliphatic hydroxyl groups is 1. The highest BCUT2D eigenvalue weighted by molar-refractivity contribution is 5.86. The maximum Gasteiger partial charge on any atom is 0.309 e. The van der Waals surface area contributed by atoms with Crippen LogP contribution in [0, 0.1) is 11.8 Å². The number of benzene rings is 1. The Balaban J connectivity index is 1.97. The Labute approximate surface area is 189 Å². The molecule has 8 nitrogen and oxygen atoms in total. The predicted octanol–water partition coefficient (Wildman–Crippen LogP) is 1.37. The second-order valence-corrected chi connectivity index (χ2v) is 7.96. The van der Waals surface area contributed by atoms with Crippen LogP contribution in [0.15, 0.2) is 42.5 Å². The summed E-state index contributed by atoms with van der Waals surface area (Å²) in [6.07, 6.45) is 5.29. The maximum absolute atomic E-state index is 12.7. The van der Waals surface area contributed by atoms with E-state index in [-0.39, 0.29) is 56.0 Å². The summed E-state index contributed by atoms with van der Waals surface area (Å²) < 4.78 is 10.6. The second kappa shape index (κ2) is 14.4. The van der Waals surface area contributed by atoms with E-state index in [1.807, 2.05) is 42.5 Å². The van der Waals surface area contributed by atoms with Gasteiger partial charge in [0.25, 0.3) is 0 Å². The molecule has 176 valence electrons. The van der Waals surface area contributed by atoms with Crippen molar-refractivity contribution >= 4 is 17.8 Å². The third-order valence-corrected chi connectivity index (χ3v) is 5.14. The van der Waals surface area contributed by atoms with Crippen LogP contribution in [-0.2, 0) is 30.3 Å². The fraction of sp³-hybridized carbons (Fsp3) is 0.542. The number of cyclic esters (lactones) is 1. The van der Waals surface area contributed by atoms with Gasteiger partial charge in [0.2, 0.25) is 11.8 Å². The molecule has 0 saturated carbocycles. The van der Waals surface area contributed by atoms with Crippen molar-refractivity contribution in [1.82, 2.24) is 10.6 Å². The number of amides is 2. The summed E-state index contributed by atoms with van der Waals surface area (Å²) in [5, 5.41) is 14.3. The monoisotopic (exact) mass is 446 g/mol. The van der Waals surface area contributed by atoms with Gasteiger partial charge in [0.1, 0.15) is 6.61 Å². The molecule has 0 aromatic heterocycles. The molecule has 0 aliphatic carbocycles. The zero-order valence-electron chi connectivity index (χ0n) is 18.6. The number of esters is 1. The van der Waals surface area contributed by atoms with Gasteiger partial charge in [-0.3, -0.25) is 14.4 Å². The average molecular weight is 447 g/mol. The summed E-state index contributed by atoms with van der Waals surface area (Å²) in [7, 11) is 0. The summed E-state index contributed by atoms with van der Waals surface area (Å²) in [6, 6.07) is 9.44. The van der Waals surface area contributed by atoms with E-state index in [0.717, 1.165) is 5.56 Å². The van der Waals surface area contributed by atoms with Gasteiger partial charge in [-0.2, -0.15) is 0 Å². The number of hydrogen-bond acceptors (Lipinski definition) is 6. The van der Waals surface area contributed by atoms with Gasteiger partial charge in [-0.25, -0.2) is 0 Å². The molecule has 0 fully saturated rings. The zero-order valence-corrected chi connectivity index (χ0v) is 18.6. The number of aliphatic hydroxyl groups excluding tert-OH is 1. The van der Waals surface area contributed by atoms with Crippen molar-refractivity contribution in [1.29, 1.82) is 0 Å². The first kappa shape index (κ1) is 25.5. The Bertz CT molecular complexity index is 752. The first-order chi connectivity index (χ1) is 15.5. The van der Waals surface area contributed by atoms with Crippen molar-refractivity contribution in [2.24, 2.45) is 11.8 Å². The molecule has 3 atom stereocenters. The van der Waals surface area contributed by atoms with Crippen LogP contribution >= 0.6 is 0 Å². The number of carbonyl (C=O) groups excluding carboxylic acids is 3. The smallest absolute Gasteiger partial charge is 0.309 e. The molecule has 0 radical (unpaired) electrons. The summed E-state index contributed by atoms with van der Waals surface area (Å²) in [5.41, 5.74) is 1.06. The van der Waals surface area contributed by atoms with Crippen LogP contribution in [-0.4, -0.2) is 61.9 Å². The highest BCUT2D eigenvalue weighted by atomic mass is 16.5. The van der Waals surface area contributed by atoms with E-state index in [1.165, 1.54) is 0 Å². The van der Waals surface area contributed by atoms with Crippen LogP contribution in [0.2, 0.25) is 0 Å². The van der Waals surface area contributed by atoms with Crippen LogP contribution < -0.4 is 10.6 Å². The first-order valence-corrected chi connectivity index (χ1v) is 11.1. The number of ether oxygens (including phenoxy) is 2. The van der Waals surface area contributed by atoms with E-state index >= 15 is 0 Å². The minimum absolute atomic E-state index is 0.0517. The molecule has 2 amide bonds. The molecule has 0 saturated heterocycles. The normalized spacial score (nSPS) is 22.2. The van der Waals surface area contributed by atoms with Crippen LogP contribution in [0.1, 0.15) is 31.7 Å². The molecule has 1 aromatic carbocycles. The summed E-state index contributed by atoms with van der Waals surface area (Å²) in [4.78, 5) is 37.5. The lowest BCUT2D eigenvalue weighted by atomic mass is 9.94. The fourth-order valence-electron chi connectivity index (χ4n) is 3.42. The molecule has 0 bridgehead atoms. The molecule has 1 aliphatic heterocycles. The zero-order chi connectivity index (χ0) is 23.2. The Morgan fingerprint density at radius 2 is 1.88 bits per heavy atom. The Hall–Kier alpha value is -2.71. The lowest BCUT2D eigenvalue weighted by Gasteiger charge is -2.22. The number of allylic oxidation sites excluding steroid dienone is 2. The van der Waals surface area contributed by atoms with Gasteiger partial charge in [0, 0.05) is 13.0 Å². The lowest BCUT2D eigenvalue weighted by molar-refractivity contribution is -0.149. The van der Waals surface area contributed by atoms with Gasteiger partial charge < -0.3 is 25.2 Å².